The lowest BCUT2D eigenvalue weighted by Gasteiger charge is -2.29. The zero-order chi connectivity index (χ0) is 24.5. The van der Waals surface area contributed by atoms with Gasteiger partial charge in [-0.05, 0) is 43.9 Å². The average Bonchev–Trinajstić information content (AvgIpc) is 3.55. The van der Waals surface area contributed by atoms with Gasteiger partial charge in [-0.25, -0.2) is 9.97 Å². The van der Waals surface area contributed by atoms with Crippen molar-refractivity contribution in [2.24, 2.45) is 5.73 Å². The van der Waals surface area contributed by atoms with Gasteiger partial charge in [-0.2, -0.15) is 4.98 Å². The van der Waals surface area contributed by atoms with Crippen LogP contribution >= 0.6 is 11.3 Å². The zero-order valence-electron chi connectivity index (χ0n) is 20.4. The number of carbonyl (C=O) groups excluding carboxylic acids is 1. The minimum atomic E-state index is -0.238. The molecule has 190 valence electrons. The van der Waals surface area contributed by atoms with Crippen molar-refractivity contribution < 1.29 is 9.53 Å². The summed E-state index contributed by atoms with van der Waals surface area (Å²) in [7, 11) is 0. The van der Waals surface area contributed by atoms with Crippen LogP contribution in [-0.2, 0) is 4.74 Å². The van der Waals surface area contributed by atoms with Crippen LogP contribution in [0.2, 0.25) is 0 Å². The van der Waals surface area contributed by atoms with Gasteiger partial charge in [0.2, 0.25) is 0 Å². The maximum absolute atomic E-state index is 13.4. The van der Waals surface area contributed by atoms with Crippen molar-refractivity contribution in [1.29, 1.82) is 0 Å². The molecule has 10 nitrogen and oxygen atoms in total. The predicted octanol–water partition coefficient (Wildman–Crippen LogP) is 2.70. The Morgan fingerprint density at radius 1 is 1.00 bits per heavy atom. The highest BCUT2D eigenvalue weighted by Gasteiger charge is 2.24. The Bertz CT molecular complexity index is 1240. The number of ether oxygens (including phenoxy) is 1. The molecule has 0 saturated carbocycles. The van der Waals surface area contributed by atoms with Gasteiger partial charge in [-0.1, -0.05) is 17.4 Å². The summed E-state index contributed by atoms with van der Waals surface area (Å²) in [5, 5.41) is 4.08. The molecule has 3 aliphatic rings. The van der Waals surface area contributed by atoms with Gasteiger partial charge in [0.05, 0.1) is 23.6 Å². The molecule has 36 heavy (non-hydrogen) atoms. The first-order valence-corrected chi connectivity index (χ1v) is 13.6. The Balaban J connectivity index is 1.30. The Morgan fingerprint density at radius 3 is 2.61 bits per heavy atom. The Kier molecular flexibility index (Phi) is 6.60. The fourth-order valence-electron chi connectivity index (χ4n) is 5.08. The minimum Gasteiger partial charge on any atom is -0.378 e. The van der Waals surface area contributed by atoms with Crippen molar-refractivity contribution in [3.05, 3.63) is 30.0 Å². The molecule has 3 aromatic rings. The second-order valence-electron chi connectivity index (χ2n) is 9.65. The summed E-state index contributed by atoms with van der Waals surface area (Å²) in [5.41, 5.74) is 7.89. The summed E-state index contributed by atoms with van der Waals surface area (Å²) in [5.74, 6) is 1.34. The van der Waals surface area contributed by atoms with Crippen molar-refractivity contribution in [2.45, 2.75) is 31.7 Å². The van der Waals surface area contributed by atoms with Crippen molar-refractivity contribution >= 4 is 50.0 Å². The first-order valence-electron chi connectivity index (χ1n) is 12.8. The molecular weight excluding hydrogens is 476 g/mol. The lowest BCUT2D eigenvalue weighted by atomic mass is 10.1. The van der Waals surface area contributed by atoms with E-state index in [1.54, 1.807) is 17.4 Å². The molecule has 3 aromatic heterocycles. The van der Waals surface area contributed by atoms with Gasteiger partial charge in [0, 0.05) is 45.3 Å². The van der Waals surface area contributed by atoms with E-state index in [4.69, 9.17) is 20.4 Å². The van der Waals surface area contributed by atoms with E-state index in [0.29, 0.717) is 24.6 Å². The van der Waals surface area contributed by atoms with Crippen LogP contribution in [0.5, 0.6) is 0 Å². The van der Waals surface area contributed by atoms with Gasteiger partial charge in [0.1, 0.15) is 11.5 Å². The van der Waals surface area contributed by atoms with E-state index in [1.807, 2.05) is 18.2 Å². The van der Waals surface area contributed by atoms with Crippen LogP contribution in [0.15, 0.2) is 24.3 Å². The number of fused-ring (bicyclic) bond motifs is 1. The van der Waals surface area contributed by atoms with Crippen LogP contribution in [0.1, 0.15) is 36.2 Å². The normalized spacial score (nSPS) is 20.8. The second kappa shape index (κ2) is 10.2. The number of nitrogens with zero attached hydrogens (tertiary/aromatic N) is 6. The summed E-state index contributed by atoms with van der Waals surface area (Å²) in [6.07, 6.45) is 4.38. The number of thiazole rings is 1. The number of anilines is 4. The number of carbonyl (C=O) groups is 1. The van der Waals surface area contributed by atoms with Crippen LogP contribution < -0.4 is 25.8 Å². The molecule has 0 aliphatic carbocycles. The smallest absolute Gasteiger partial charge is 0.274 e. The number of hydrogen-bond donors (Lipinski definition) is 2. The third-order valence-electron chi connectivity index (χ3n) is 7.05. The van der Waals surface area contributed by atoms with Gasteiger partial charge in [-0.3, -0.25) is 4.79 Å². The molecule has 0 aromatic carbocycles. The minimum absolute atomic E-state index is 0.149. The Morgan fingerprint density at radius 2 is 1.83 bits per heavy atom. The Labute approximate surface area is 214 Å². The van der Waals surface area contributed by atoms with Crippen LogP contribution in [0, 0.1) is 0 Å². The predicted molar refractivity (Wildman–Crippen MR) is 144 cm³/mol. The monoisotopic (exact) mass is 508 g/mol. The van der Waals surface area contributed by atoms with Crippen LogP contribution in [0.4, 0.5) is 22.5 Å². The summed E-state index contributed by atoms with van der Waals surface area (Å²) in [6, 6.07) is 7.74. The molecule has 0 spiro atoms. The molecule has 6 rings (SSSR count). The number of nitrogens with two attached hydrogens (primary N) is 1. The number of nitrogens with one attached hydrogen (secondary N) is 1. The number of rotatable bonds is 5. The lowest BCUT2D eigenvalue weighted by molar-refractivity contribution is 0.102. The van der Waals surface area contributed by atoms with E-state index in [2.05, 4.69) is 25.0 Å². The summed E-state index contributed by atoms with van der Waals surface area (Å²) in [4.78, 5) is 34.5. The molecule has 3 N–H and O–H groups in total. The number of amides is 1. The van der Waals surface area contributed by atoms with E-state index in [0.717, 1.165) is 85.6 Å². The molecular formula is C25H32N8O2S. The molecule has 3 saturated heterocycles. The van der Waals surface area contributed by atoms with Gasteiger partial charge in [0.25, 0.3) is 5.91 Å². The summed E-state index contributed by atoms with van der Waals surface area (Å²) in [6.45, 7) is 6.52. The summed E-state index contributed by atoms with van der Waals surface area (Å²) >= 11 is 1.61. The molecule has 3 aliphatic heterocycles. The highest BCUT2D eigenvalue weighted by molar-refractivity contribution is 7.22. The molecule has 3 fully saturated rings. The lowest BCUT2D eigenvalue weighted by Crippen LogP contribution is -2.36. The SMILES string of the molecule is N[C@H]1CCN(c2cccc(C(=O)Nc3cc4sc(N5CCOCC5)nc4nc3N3CCCCC3)n2)C1. The van der Waals surface area contributed by atoms with Gasteiger partial charge in [0.15, 0.2) is 16.6 Å². The maximum atomic E-state index is 13.4. The molecule has 1 amide bonds. The van der Waals surface area contributed by atoms with Crippen molar-refractivity contribution in [1.82, 2.24) is 15.0 Å². The highest BCUT2D eigenvalue weighted by atomic mass is 32.1. The molecule has 0 unspecified atom stereocenters. The molecule has 1 atom stereocenters. The van der Waals surface area contributed by atoms with E-state index in [9.17, 15) is 4.79 Å². The number of aromatic nitrogens is 3. The third-order valence-corrected chi connectivity index (χ3v) is 8.10. The van der Waals surface area contributed by atoms with E-state index < -0.39 is 0 Å². The van der Waals surface area contributed by atoms with Crippen molar-refractivity contribution in [3.63, 3.8) is 0 Å². The van der Waals surface area contributed by atoms with Gasteiger partial charge in [-0.15, -0.1) is 0 Å². The van der Waals surface area contributed by atoms with Gasteiger partial charge < -0.3 is 30.5 Å². The first kappa shape index (κ1) is 23.4. The highest BCUT2D eigenvalue weighted by Crippen LogP contribution is 2.35. The topological polar surface area (TPSA) is 113 Å². The van der Waals surface area contributed by atoms with Crippen molar-refractivity contribution in [3.8, 4) is 0 Å². The number of morpholine rings is 1. The number of hydrogen-bond acceptors (Lipinski definition) is 10. The molecule has 0 bridgehead atoms. The van der Waals surface area contributed by atoms with Crippen molar-refractivity contribution in [2.75, 3.05) is 72.5 Å². The number of pyridine rings is 2. The summed E-state index contributed by atoms with van der Waals surface area (Å²) < 4.78 is 6.45. The molecule has 0 radical (unpaired) electrons. The van der Waals surface area contributed by atoms with Crippen LogP contribution in [0.25, 0.3) is 10.3 Å². The third kappa shape index (κ3) is 4.82. The molecule has 11 heteroatoms. The van der Waals surface area contributed by atoms with E-state index in [-0.39, 0.29) is 11.9 Å². The van der Waals surface area contributed by atoms with Gasteiger partial charge >= 0.3 is 0 Å². The molecule has 6 heterocycles. The second-order valence-corrected chi connectivity index (χ2v) is 10.7. The fourth-order valence-corrected chi connectivity index (χ4v) is 6.08. The zero-order valence-corrected chi connectivity index (χ0v) is 21.2. The van der Waals surface area contributed by atoms with E-state index >= 15 is 0 Å². The standard InChI is InChI=1S/C25H32N8O2S/c26-17-7-10-33(16-17)21-6-4-5-18(27-21)24(34)28-19-15-20-22(29-23(19)31-8-2-1-3-9-31)30-25(36-20)32-11-13-35-14-12-32/h4-6,15,17H,1-3,7-14,16,26H2,(H,28,34)/t17-/m0/s1. The quantitative estimate of drug-likeness (QED) is 0.537. The van der Waals surface area contributed by atoms with E-state index in [1.165, 1.54) is 6.42 Å². The maximum Gasteiger partial charge on any atom is 0.274 e. The Hall–Kier alpha value is -3.02. The largest absolute Gasteiger partial charge is 0.378 e. The van der Waals surface area contributed by atoms with Crippen LogP contribution in [-0.4, -0.2) is 79.4 Å². The average molecular weight is 509 g/mol. The fraction of sp³-hybridized carbons (Fsp3) is 0.520. The first-order chi connectivity index (χ1) is 17.6. The van der Waals surface area contributed by atoms with Crippen LogP contribution in [0.3, 0.4) is 0 Å². The number of piperidine rings is 1.